The van der Waals surface area contributed by atoms with Crippen LogP contribution in [0.2, 0.25) is 0 Å². The molecule has 0 bridgehead atoms. The largest absolute Gasteiger partial charge is 0.496 e. The van der Waals surface area contributed by atoms with Gasteiger partial charge in [0, 0.05) is 11.0 Å². The van der Waals surface area contributed by atoms with Crippen LogP contribution in [0.3, 0.4) is 0 Å². The zero-order valence-corrected chi connectivity index (χ0v) is 9.12. The van der Waals surface area contributed by atoms with Gasteiger partial charge in [0.2, 0.25) is 0 Å². The highest BCUT2D eigenvalue weighted by Gasteiger charge is 2.38. The predicted octanol–water partition coefficient (Wildman–Crippen LogP) is 3.53. The smallest absolute Gasteiger partial charge is 0.126 e. The molecule has 0 unspecified atom stereocenters. The maximum absolute atomic E-state index is 5.41. The molecular formula is C14H16O. The first kappa shape index (κ1) is 9.02. The van der Waals surface area contributed by atoms with Crippen molar-refractivity contribution < 1.29 is 4.74 Å². The highest BCUT2D eigenvalue weighted by Crippen LogP contribution is 2.49. The molecule has 15 heavy (non-hydrogen) atoms. The molecule has 1 aromatic rings. The van der Waals surface area contributed by atoms with Crippen LogP contribution < -0.4 is 4.74 Å². The minimum Gasteiger partial charge on any atom is -0.496 e. The van der Waals surface area contributed by atoms with Crippen molar-refractivity contribution in [2.75, 3.05) is 7.11 Å². The Morgan fingerprint density at radius 2 is 2.00 bits per heavy atom. The van der Waals surface area contributed by atoms with Crippen molar-refractivity contribution in [3.8, 4) is 5.75 Å². The molecule has 1 saturated carbocycles. The fourth-order valence-corrected chi connectivity index (χ4v) is 3.10. The highest BCUT2D eigenvalue weighted by atomic mass is 16.5. The Hall–Kier alpha value is -1.24. The summed E-state index contributed by atoms with van der Waals surface area (Å²) < 4.78 is 5.41. The van der Waals surface area contributed by atoms with Gasteiger partial charge in [0.05, 0.1) is 7.11 Å². The second-order valence-corrected chi connectivity index (χ2v) is 4.62. The topological polar surface area (TPSA) is 9.23 Å². The first-order valence-electron chi connectivity index (χ1n) is 5.72. The fourth-order valence-electron chi connectivity index (χ4n) is 3.10. The van der Waals surface area contributed by atoms with E-state index in [0.29, 0.717) is 5.41 Å². The van der Waals surface area contributed by atoms with Gasteiger partial charge in [-0.2, -0.15) is 0 Å². The maximum atomic E-state index is 5.41. The van der Waals surface area contributed by atoms with E-state index in [4.69, 9.17) is 4.74 Å². The van der Waals surface area contributed by atoms with Crippen molar-refractivity contribution in [1.82, 2.24) is 0 Å². The number of hydrogen-bond acceptors (Lipinski definition) is 1. The zero-order valence-electron chi connectivity index (χ0n) is 9.12. The molecule has 1 spiro atoms. The molecular weight excluding hydrogens is 184 g/mol. The van der Waals surface area contributed by atoms with Crippen LogP contribution in [-0.2, 0) is 5.41 Å². The SMILES string of the molecule is COc1cccc2c1C=CC21CCCC1. The van der Waals surface area contributed by atoms with Crippen LogP contribution in [0.5, 0.6) is 5.75 Å². The van der Waals surface area contributed by atoms with Crippen molar-refractivity contribution in [2.24, 2.45) is 0 Å². The number of ether oxygens (including phenoxy) is 1. The molecule has 0 radical (unpaired) electrons. The zero-order chi connectivity index (χ0) is 10.3. The van der Waals surface area contributed by atoms with E-state index in [-0.39, 0.29) is 0 Å². The molecule has 2 aliphatic carbocycles. The van der Waals surface area contributed by atoms with Gasteiger partial charge in [-0.25, -0.2) is 0 Å². The Balaban J connectivity index is 2.14. The predicted molar refractivity (Wildman–Crippen MR) is 62.2 cm³/mol. The van der Waals surface area contributed by atoms with Crippen molar-refractivity contribution in [3.63, 3.8) is 0 Å². The van der Waals surface area contributed by atoms with Gasteiger partial charge in [-0.05, 0) is 24.5 Å². The van der Waals surface area contributed by atoms with Crippen molar-refractivity contribution in [3.05, 3.63) is 35.4 Å². The Bertz CT molecular complexity index is 411. The average molecular weight is 200 g/mol. The molecule has 1 fully saturated rings. The van der Waals surface area contributed by atoms with Gasteiger partial charge < -0.3 is 4.74 Å². The number of allylic oxidation sites excluding steroid dienone is 1. The number of benzene rings is 1. The molecule has 3 rings (SSSR count). The number of methoxy groups -OCH3 is 1. The van der Waals surface area contributed by atoms with Crippen LogP contribution >= 0.6 is 0 Å². The van der Waals surface area contributed by atoms with Gasteiger partial charge in [-0.3, -0.25) is 0 Å². The first-order valence-corrected chi connectivity index (χ1v) is 5.72. The lowest BCUT2D eigenvalue weighted by atomic mass is 9.81. The number of rotatable bonds is 1. The Kier molecular flexibility index (Phi) is 1.88. The van der Waals surface area contributed by atoms with Crippen LogP contribution in [0.1, 0.15) is 36.8 Å². The summed E-state index contributed by atoms with van der Waals surface area (Å²) in [4.78, 5) is 0. The molecule has 0 saturated heterocycles. The number of fused-ring (bicyclic) bond motifs is 2. The van der Waals surface area contributed by atoms with E-state index in [1.165, 1.54) is 36.8 Å². The van der Waals surface area contributed by atoms with Crippen LogP contribution in [-0.4, -0.2) is 7.11 Å². The third-order valence-electron chi connectivity index (χ3n) is 3.89. The summed E-state index contributed by atoms with van der Waals surface area (Å²) in [7, 11) is 1.75. The van der Waals surface area contributed by atoms with Crippen LogP contribution in [0, 0.1) is 0 Å². The minimum absolute atomic E-state index is 0.351. The van der Waals surface area contributed by atoms with Gasteiger partial charge >= 0.3 is 0 Å². The molecule has 0 heterocycles. The molecule has 1 aromatic carbocycles. The molecule has 1 nitrogen and oxygen atoms in total. The maximum Gasteiger partial charge on any atom is 0.126 e. The standard InChI is InChI=1S/C14H16O/c1-15-13-6-4-5-12-11(13)7-10-14(12)8-2-3-9-14/h4-7,10H,2-3,8-9H2,1H3. The van der Waals surface area contributed by atoms with Gasteiger partial charge in [-0.1, -0.05) is 37.1 Å². The molecule has 0 aromatic heterocycles. The van der Waals surface area contributed by atoms with Gasteiger partial charge in [0.1, 0.15) is 5.75 Å². The van der Waals surface area contributed by atoms with Crippen molar-refractivity contribution in [2.45, 2.75) is 31.1 Å². The molecule has 0 atom stereocenters. The second kappa shape index (κ2) is 3.13. The Labute approximate surface area is 90.8 Å². The van der Waals surface area contributed by atoms with E-state index < -0.39 is 0 Å². The summed E-state index contributed by atoms with van der Waals surface area (Å²) >= 11 is 0. The first-order chi connectivity index (χ1) is 7.36. The molecule has 78 valence electrons. The molecule has 0 N–H and O–H groups in total. The van der Waals surface area contributed by atoms with Crippen molar-refractivity contribution >= 4 is 6.08 Å². The van der Waals surface area contributed by atoms with Gasteiger partial charge in [-0.15, -0.1) is 0 Å². The van der Waals surface area contributed by atoms with E-state index in [0.717, 1.165) is 5.75 Å². The van der Waals surface area contributed by atoms with Crippen LogP contribution in [0.25, 0.3) is 6.08 Å². The Morgan fingerprint density at radius 1 is 1.20 bits per heavy atom. The quantitative estimate of drug-likeness (QED) is 0.673. The lowest BCUT2D eigenvalue weighted by molar-refractivity contribution is 0.412. The van der Waals surface area contributed by atoms with Crippen LogP contribution in [0.4, 0.5) is 0 Å². The Morgan fingerprint density at radius 3 is 2.73 bits per heavy atom. The summed E-state index contributed by atoms with van der Waals surface area (Å²) in [6, 6.07) is 6.44. The normalized spacial score (nSPS) is 20.9. The van der Waals surface area contributed by atoms with Gasteiger partial charge in [0.25, 0.3) is 0 Å². The second-order valence-electron chi connectivity index (χ2n) is 4.62. The van der Waals surface area contributed by atoms with Gasteiger partial charge in [0.15, 0.2) is 0 Å². The monoisotopic (exact) mass is 200 g/mol. The van der Waals surface area contributed by atoms with E-state index in [2.05, 4.69) is 30.4 Å². The molecule has 0 aliphatic heterocycles. The fraction of sp³-hybridized carbons (Fsp3) is 0.429. The summed E-state index contributed by atoms with van der Waals surface area (Å²) in [5.74, 6) is 1.02. The summed E-state index contributed by atoms with van der Waals surface area (Å²) in [6.07, 6.45) is 9.99. The molecule has 2 aliphatic rings. The molecule has 0 amide bonds. The highest BCUT2D eigenvalue weighted by molar-refractivity contribution is 5.70. The lowest BCUT2D eigenvalue weighted by Gasteiger charge is -2.23. The van der Waals surface area contributed by atoms with E-state index in [1.54, 1.807) is 7.11 Å². The van der Waals surface area contributed by atoms with E-state index >= 15 is 0 Å². The van der Waals surface area contributed by atoms with E-state index in [9.17, 15) is 0 Å². The minimum atomic E-state index is 0.351. The lowest BCUT2D eigenvalue weighted by Crippen LogP contribution is -2.16. The summed E-state index contributed by atoms with van der Waals surface area (Å²) in [6.45, 7) is 0. The third-order valence-corrected chi connectivity index (χ3v) is 3.89. The average Bonchev–Trinajstić information content (AvgIpc) is 2.89. The van der Waals surface area contributed by atoms with Crippen molar-refractivity contribution in [1.29, 1.82) is 0 Å². The molecule has 1 heteroatoms. The third kappa shape index (κ3) is 1.16. The number of hydrogen-bond donors (Lipinski definition) is 0. The summed E-state index contributed by atoms with van der Waals surface area (Å²) in [5, 5.41) is 0. The summed E-state index contributed by atoms with van der Waals surface area (Å²) in [5.41, 5.74) is 3.14. The van der Waals surface area contributed by atoms with E-state index in [1.807, 2.05) is 0 Å². The van der Waals surface area contributed by atoms with Crippen LogP contribution in [0.15, 0.2) is 24.3 Å².